The monoisotopic (exact) mass is 315 g/mol. The molecule has 0 spiro atoms. The molecule has 1 saturated heterocycles. The van der Waals surface area contributed by atoms with Gasteiger partial charge in [-0.25, -0.2) is 9.46 Å². The summed E-state index contributed by atoms with van der Waals surface area (Å²) in [5, 5.41) is 0. The summed E-state index contributed by atoms with van der Waals surface area (Å²) in [4.78, 5) is 12.3. The average molecular weight is 315 g/mol. The van der Waals surface area contributed by atoms with Gasteiger partial charge < -0.3 is 13.8 Å². The van der Waals surface area contributed by atoms with Crippen molar-refractivity contribution in [1.82, 2.24) is 0 Å². The first-order valence-corrected chi connectivity index (χ1v) is 9.11. The first kappa shape index (κ1) is 15.4. The van der Waals surface area contributed by atoms with Crippen LogP contribution >= 0.6 is 6.64 Å². The molecule has 0 saturated carbocycles. The minimum absolute atomic E-state index is 0.0322. The number of amides is 1. The third-order valence-electron chi connectivity index (χ3n) is 2.78. The average Bonchev–Trinajstić information content (AvgIpc) is 2.39. The molecule has 2 unspecified atom stereocenters. The summed E-state index contributed by atoms with van der Waals surface area (Å²) < 4.78 is 17.9. The van der Waals surface area contributed by atoms with E-state index in [1.165, 1.54) is 4.67 Å². The molecule has 0 N–H and O–H groups in total. The van der Waals surface area contributed by atoms with Crippen molar-refractivity contribution in [3.8, 4) is 0 Å². The Balaban J connectivity index is 2.36. The number of ether oxygens (including phenoxy) is 1. The van der Waals surface area contributed by atoms with E-state index in [-0.39, 0.29) is 12.7 Å². The highest BCUT2D eigenvalue weighted by molar-refractivity contribution is 8.11. The molecular formula is C13H18NO4PS. The third kappa shape index (κ3) is 3.38. The van der Waals surface area contributed by atoms with Crippen molar-refractivity contribution in [2.45, 2.75) is 26.4 Å². The Labute approximate surface area is 124 Å². The Morgan fingerprint density at radius 3 is 2.80 bits per heavy atom. The minimum Gasteiger partial charge on any atom is -0.449 e. The topological polar surface area (TPSA) is 48.0 Å². The fourth-order valence-corrected chi connectivity index (χ4v) is 4.84. The zero-order valence-electron chi connectivity index (χ0n) is 11.5. The van der Waals surface area contributed by atoms with Gasteiger partial charge in [0.05, 0.1) is 25.0 Å². The molecular weight excluding hydrogens is 297 g/mol. The van der Waals surface area contributed by atoms with Gasteiger partial charge in [-0.2, -0.15) is 0 Å². The van der Waals surface area contributed by atoms with Gasteiger partial charge in [-0.1, -0.05) is 18.2 Å². The highest BCUT2D eigenvalue weighted by atomic mass is 32.5. The van der Waals surface area contributed by atoms with E-state index in [9.17, 15) is 4.79 Å². The van der Waals surface area contributed by atoms with Gasteiger partial charge >= 0.3 is 6.09 Å². The van der Waals surface area contributed by atoms with Gasteiger partial charge in [-0.05, 0) is 44.2 Å². The summed E-state index contributed by atoms with van der Waals surface area (Å²) in [7, 11) is 0. The SMILES string of the molecule is CCOC(=O)N(c1ccccc1)P1(=S)OCCC(C)O1. The van der Waals surface area contributed by atoms with Crippen LogP contribution in [-0.2, 0) is 25.6 Å². The van der Waals surface area contributed by atoms with Crippen LogP contribution in [0.25, 0.3) is 0 Å². The van der Waals surface area contributed by atoms with E-state index in [1.807, 2.05) is 25.1 Å². The molecule has 2 atom stereocenters. The predicted molar refractivity (Wildman–Crippen MR) is 81.3 cm³/mol. The van der Waals surface area contributed by atoms with E-state index in [0.717, 1.165) is 6.42 Å². The van der Waals surface area contributed by atoms with Gasteiger partial charge in [0, 0.05) is 0 Å². The molecule has 1 amide bonds. The maximum absolute atomic E-state index is 12.3. The van der Waals surface area contributed by atoms with Crippen molar-refractivity contribution < 1.29 is 18.6 Å². The molecule has 5 nitrogen and oxygen atoms in total. The maximum atomic E-state index is 12.3. The molecule has 0 aliphatic carbocycles. The number of benzene rings is 1. The Hall–Kier alpha value is -0.940. The highest BCUT2D eigenvalue weighted by Gasteiger charge is 2.39. The van der Waals surface area contributed by atoms with Crippen molar-refractivity contribution in [1.29, 1.82) is 0 Å². The first-order valence-electron chi connectivity index (χ1n) is 6.52. The molecule has 1 heterocycles. The van der Waals surface area contributed by atoms with Crippen LogP contribution in [-0.4, -0.2) is 25.4 Å². The van der Waals surface area contributed by atoms with E-state index >= 15 is 0 Å². The number of carbonyl (C=O) groups is 1. The largest absolute Gasteiger partial charge is 0.449 e. The maximum Gasteiger partial charge on any atom is 0.421 e. The Morgan fingerprint density at radius 1 is 1.50 bits per heavy atom. The molecule has 7 heteroatoms. The second-order valence-electron chi connectivity index (χ2n) is 4.35. The van der Waals surface area contributed by atoms with Crippen molar-refractivity contribution in [2.24, 2.45) is 0 Å². The Kier molecular flexibility index (Phi) is 5.16. The quantitative estimate of drug-likeness (QED) is 0.796. The van der Waals surface area contributed by atoms with Crippen LogP contribution in [0.5, 0.6) is 0 Å². The standard InChI is InChI=1S/C13H18NO4PS/c1-3-16-13(15)14(12-7-5-4-6-8-12)19(20)17-10-9-11(2)18-19/h4-8,11H,3,9-10H2,1-2H3. The molecule has 0 radical (unpaired) electrons. The second-order valence-corrected chi connectivity index (χ2v) is 7.54. The summed E-state index contributed by atoms with van der Waals surface area (Å²) in [5.74, 6) is 0. The van der Waals surface area contributed by atoms with Gasteiger partial charge in [-0.15, -0.1) is 0 Å². The number of carbonyl (C=O) groups excluding carboxylic acids is 1. The lowest BCUT2D eigenvalue weighted by Gasteiger charge is -2.37. The predicted octanol–water partition coefficient (Wildman–Crippen LogP) is 3.70. The number of rotatable bonds is 3. The number of para-hydroxylation sites is 1. The minimum atomic E-state index is -2.90. The summed E-state index contributed by atoms with van der Waals surface area (Å²) >= 11 is 5.52. The number of nitrogens with zero attached hydrogens (tertiary/aromatic N) is 1. The Morgan fingerprint density at radius 2 is 2.20 bits per heavy atom. The van der Waals surface area contributed by atoms with Crippen LogP contribution in [0.2, 0.25) is 0 Å². The van der Waals surface area contributed by atoms with Crippen LogP contribution < -0.4 is 4.67 Å². The molecule has 0 bridgehead atoms. The van der Waals surface area contributed by atoms with Gasteiger partial charge in [0.15, 0.2) is 0 Å². The fraction of sp³-hybridized carbons (Fsp3) is 0.462. The normalized spacial score (nSPS) is 26.0. The lowest BCUT2D eigenvalue weighted by Crippen LogP contribution is -2.34. The zero-order valence-corrected chi connectivity index (χ0v) is 13.2. The third-order valence-corrected chi connectivity index (χ3v) is 5.86. The molecule has 2 rings (SSSR count). The van der Waals surface area contributed by atoms with Crippen molar-refractivity contribution in [3.63, 3.8) is 0 Å². The van der Waals surface area contributed by atoms with Gasteiger partial charge in [0.25, 0.3) is 6.64 Å². The summed E-state index contributed by atoms with van der Waals surface area (Å²) in [6, 6.07) is 9.10. The molecule has 1 aliphatic heterocycles. The first-order chi connectivity index (χ1) is 9.57. The highest BCUT2D eigenvalue weighted by Crippen LogP contribution is 2.57. The van der Waals surface area contributed by atoms with E-state index < -0.39 is 12.7 Å². The lowest BCUT2D eigenvalue weighted by molar-refractivity contribution is 0.114. The summed E-state index contributed by atoms with van der Waals surface area (Å²) in [5.41, 5.74) is 0.628. The molecule has 1 aliphatic rings. The smallest absolute Gasteiger partial charge is 0.421 e. The summed E-state index contributed by atoms with van der Waals surface area (Å²) in [6.45, 7) is 1.54. The molecule has 1 aromatic rings. The molecule has 110 valence electrons. The van der Waals surface area contributed by atoms with Gasteiger partial charge in [-0.3, -0.25) is 0 Å². The van der Waals surface area contributed by atoms with Crippen molar-refractivity contribution in [2.75, 3.05) is 17.9 Å². The van der Waals surface area contributed by atoms with E-state index in [1.54, 1.807) is 19.1 Å². The van der Waals surface area contributed by atoms with Crippen molar-refractivity contribution >= 4 is 30.2 Å². The number of hydrogen-bond acceptors (Lipinski definition) is 5. The van der Waals surface area contributed by atoms with Crippen LogP contribution in [0, 0.1) is 0 Å². The molecule has 1 fully saturated rings. The summed E-state index contributed by atoms with van der Waals surface area (Å²) in [6.07, 6.45) is 0.204. The zero-order chi connectivity index (χ0) is 14.6. The van der Waals surface area contributed by atoms with E-state index in [0.29, 0.717) is 12.3 Å². The lowest BCUT2D eigenvalue weighted by atomic mass is 10.3. The Bertz CT molecular complexity index is 510. The molecule has 1 aromatic carbocycles. The number of hydrogen-bond donors (Lipinski definition) is 0. The number of anilines is 1. The van der Waals surface area contributed by atoms with Gasteiger partial charge in [0.2, 0.25) is 0 Å². The van der Waals surface area contributed by atoms with E-state index in [2.05, 4.69) is 0 Å². The fourth-order valence-electron chi connectivity index (χ4n) is 1.85. The van der Waals surface area contributed by atoms with Gasteiger partial charge in [0.1, 0.15) is 0 Å². The van der Waals surface area contributed by atoms with Crippen molar-refractivity contribution in [3.05, 3.63) is 30.3 Å². The van der Waals surface area contributed by atoms with Crippen LogP contribution in [0.4, 0.5) is 10.5 Å². The van der Waals surface area contributed by atoms with Crippen LogP contribution in [0.15, 0.2) is 30.3 Å². The van der Waals surface area contributed by atoms with Crippen LogP contribution in [0.3, 0.4) is 0 Å². The van der Waals surface area contributed by atoms with Crippen LogP contribution in [0.1, 0.15) is 20.3 Å². The molecule has 20 heavy (non-hydrogen) atoms. The second kappa shape index (κ2) is 6.68. The molecule has 0 aromatic heterocycles. The van der Waals surface area contributed by atoms with E-state index in [4.69, 9.17) is 25.6 Å².